The maximum Gasteiger partial charge on any atom is 0.257 e. The Kier molecular flexibility index (Phi) is 4.56. The van der Waals surface area contributed by atoms with Crippen LogP contribution in [0.3, 0.4) is 0 Å². The lowest BCUT2D eigenvalue weighted by molar-refractivity contribution is 0.0340. The predicted molar refractivity (Wildman–Crippen MR) is 100 cm³/mol. The van der Waals surface area contributed by atoms with Crippen LogP contribution in [0.5, 0.6) is 5.88 Å². The van der Waals surface area contributed by atoms with Crippen LogP contribution in [0.1, 0.15) is 38.1 Å². The third kappa shape index (κ3) is 2.84. The van der Waals surface area contributed by atoms with Gasteiger partial charge in [-0.2, -0.15) is 0 Å². The summed E-state index contributed by atoms with van der Waals surface area (Å²) in [6, 6.07) is 0. The van der Waals surface area contributed by atoms with E-state index in [0.717, 1.165) is 51.3 Å². The van der Waals surface area contributed by atoms with Crippen molar-refractivity contribution >= 4 is 5.82 Å². The normalized spacial score (nSPS) is 19.8. The quantitative estimate of drug-likeness (QED) is 0.906. The molecule has 1 spiro atoms. The van der Waals surface area contributed by atoms with Gasteiger partial charge in [-0.1, -0.05) is 13.8 Å². The third-order valence-corrected chi connectivity index (χ3v) is 5.71. The topological polar surface area (TPSA) is 70.2 Å². The lowest BCUT2D eigenvalue weighted by Gasteiger charge is -2.51. The summed E-state index contributed by atoms with van der Waals surface area (Å²) in [5.74, 6) is 2.09. The van der Waals surface area contributed by atoms with E-state index in [0.29, 0.717) is 11.8 Å². The number of H-pyrrole nitrogens is 1. The van der Waals surface area contributed by atoms with Crippen molar-refractivity contribution in [2.75, 3.05) is 38.2 Å². The van der Waals surface area contributed by atoms with Gasteiger partial charge in [-0.3, -0.25) is 4.90 Å². The number of hydrogen-bond donors (Lipinski definition) is 1. The minimum absolute atomic E-state index is 0.0315. The van der Waals surface area contributed by atoms with E-state index in [4.69, 9.17) is 9.72 Å². The SMILES string of the molecule is COc1nccnc1N1CCC2(CC1)c1nc[nH]c1CCN2CC(C)C. The molecule has 0 aliphatic carbocycles. The molecule has 7 heteroatoms. The number of ether oxygens (including phenoxy) is 1. The lowest BCUT2D eigenvalue weighted by atomic mass is 9.78. The molecule has 1 saturated heterocycles. The molecule has 0 saturated carbocycles. The van der Waals surface area contributed by atoms with Crippen LogP contribution in [0, 0.1) is 5.92 Å². The van der Waals surface area contributed by atoms with Crippen molar-refractivity contribution in [3.05, 3.63) is 30.1 Å². The molecule has 4 heterocycles. The van der Waals surface area contributed by atoms with Crippen molar-refractivity contribution in [2.45, 2.75) is 38.6 Å². The fourth-order valence-corrected chi connectivity index (χ4v) is 4.55. The number of methoxy groups -OCH3 is 1. The predicted octanol–water partition coefficient (Wildman–Crippen LogP) is 2.22. The summed E-state index contributed by atoms with van der Waals surface area (Å²) >= 11 is 0. The van der Waals surface area contributed by atoms with Crippen molar-refractivity contribution < 1.29 is 4.74 Å². The maximum atomic E-state index is 5.41. The Morgan fingerprint density at radius 1 is 1.15 bits per heavy atom. The fourth-order valence-electron chi connectivity index (χ4n) is 4.55. The van der Waals surface area contributed by atoms with Gasteiger partial charge in [0, 0.05) is 50.7 Å². The molecular formula is C19H28N6O. The first-order valence-electron chi connectivity index (χ1n) is 9.52. The Labute approximate surface area is 154 Å². The number of fused-ring (bicyclic) bond motifs is 2. The molecule has 1 fully saturated rings. The van der Waals surface area contributed by atoms with Crippen LogP contribution in [0.4, 0.5) is 5.82 Å². The Bertz CT molecular complexity index is 750. The van der Waals surface area contributed by atoms with Crippen LogP contribution in [-0.2, 0) is 12.0 Å². The van der Waals surface area contributed by atoms with Gasteiger partial charge in [-0.25, -0.2) is 15.0 Å². The average Bonchev–Trinajstić information content (AvgIpc) is 3.14. The first-order chi connectivity index (χ1) is 12.6. The molecule has 140 valence electrons. The molecule has 0 atom stereocenters. The van der Waals surface area contributed by atoms with E-state index >= 15 is 0 Å². The van der Waals surface area contributed by atoms with Crippen molar-refractivity contribution in [1.29, 1.82) is 0 Å². The number of aromatic amines is 1. The molecule has 2 aliphatic rings. The highest BCUT2D eigenvalue weighted by atomic mass is 16.5. The minimum Gasteiger partial charge on any atom is -0.478 e. The Balaban J connectivity index is 1.61. The maximum absolute atomic E-state index is 5.41. The molecule has 0 aromatic carbocycles. The van der Waals surface area contributed by atoms with E-state index in [1.54, 1.807) is 19.5 Å². The summed E-state index contributed by atoms with van der Waals surface area (Å²) < 4.78 is 5.41. The molecule has 0 bridgehead atoms. The number of nitrogens with one attached hydrogen (secondary N) is 1. The molecule has 2 aromatic heterocycles. The standard InChI is InChI=1S/C19H28N6O/c1-14(2)12-25-9-4-15-16(23-13-22-15)19(25)5-10-24(11-6-19)17-18(26-3)21-8-7-20-17/h7-8,13-14H,4-6,9-12H2,1-3H3,(H,22,23). The number of imidazole rings is 1. The molecule has 2 aromatic rings. The molecule has 0 unspecified atom stereocenters. The van der Waals surface area contributed by atoms with Crippen LogP contribution in [0.25, 0.3) is 0 Å². The van der Waals surface area contributed by atoms with E-state index in [1.807, 2.05) is 6.33 Å². The summed E-state index contributed by atoms with van der Waals surface area (Å²) in [5.41, 5.74) is 2.61. The van der Waals surface area contributed by atoms with Crippen molar-refractivity contribution in [1.82, 2.24) is 24.8 Å². The number of anilines is 1. The van der Waals surface area contributed by atoms with Gasteiger partial charge >= 0.3 is 0 Å². The van der Waals surface area contributed by atoms with E-state index in [1.165, 1.54) is 11.4 Å². The van der Waals surface area contributed by atoms with Crippen molar-refractivity contribution in [3.8, 4) is 5.88 Å². The van der Waals surface area contributed by atoms with Crippen LogP contribution in [0.2, 0.25) is 0 Å². The third-order valence-electron chi connectivity index (χ3n) is 5.71. The second kappa shape index (κ2) is 6.87. The minimum atomic E-state index is 0.0315. The second-order valence-electron chi connectivity index (χ2n) is 7.73. The zero-order chi connectivity index (χ0) is 18.1. The lowest BCUT2D eigenvalue weighted by Crippen LogP contribution is -2.57. The molecule has 4 rings (SSSR count). The van der Waals surface area contributed by atoms with Crippen LogP contribution in [0.15, 0.2) is 18.7 Å². The van der Waals surface area contributed by atoms with E-state index in [2.05, 4.69) is 38.6 Å². The largest absolute Gasteiger partial charge is 0.478 e. The van der Waals surface area contributed by atoms with Gasteiger partial charge in [0.1, 0.15) is 0 Å². The molecule has 7 nitrogen and oxygen atoms in total. The molecule has 2 aliphatic heterocycles. The smallest absolute Gasteiger partial charge is 0.257 e. The first kappa shape index (κ1) is 17.3. The Hall–Kier alpha value is -2.15. The number of nitrogens with zero attached hydrogens (tertiary/aromatic N) is 5. The monoisotopic (exact) mass is 356 g/mol. The van der Waals surface area contributed by atoms with Gasteiger partial charge in [0.05, 0.1) is 24.7 Å². The van der Waals surface area contributed by atoms with Crippen LogP contribution >= 0.6 is 0 Å². The Morgan fingerprint density at radius 3 is 2.65 bits per heavy atom. The number of piperidine rings is 1. The highest BCUT2D eigenvalue weighted by Crippen LogP contribution is 2.43. The number of hydrogen-bond acceptors (Lipinski definition) is 6. The van der Waals surface area contributed by atoms with Crippen LogP contribution in [-0.4, -0.2) is 58.1 Å². The van der Waals surface area contributed by atoms with Crippen LogP contribution < -0.4 is 9.64 Å². The highest BCUT2D eigenvalue weighted by Gasteiger charge is 2.47. The van der Waals surface area contributed by atoms with Gasteiger partial charge in [-0.05, 0) is 18.8 Å². The fraction of sp³-hybridized carbons (Fsp3) is 0.632. The summed E-state index contributed by atoms with van der Waals surface area (Å²) in [5, 5.41) is 0. The van der Waals surface area contributed by atoms with Gasteiger partial charge in [0.25, 0.3) is 5.88 Å². The zero-order valence-electron chi connectivity index (χ0n) is 15.9. The number of aromatic nitrogens is 4. The molecule has 1 N–H and O–H groups in total. The Morgan fingerprint density at radius 2 is 1.92 bits per heavy atom. The number of rotatable bonds is 4. The molecule has 0 radical (unpaired) electrons. The first-order valence-corrected chi connectivity index (χ1v) is 9.52. The van der Waals surface area contributed by atoms with Gasteiger partial charge in [-0.15, -0.1) is 0 Å². The summed E-state index contributed by atoms with van der Waals surface area (Å²) in [6.45, 7) is 8.66. The highest BCUT2D eigenvalue weighted by molar-refractivity contribution is 5.48. The molecule has 26 heavy (non-hydrogen) atoms. The van der Waals surface area contributed by atoms with E-state index in [9.17, 15) is 0 Å². The molecular weight excluding hydrogens is 328 g/mol. The van der Waals surface area contributed by atoms with Gasteiger partial charge < -0.3 is 14.6 Å². The average molecular weight is 356 g/mol. The van der Waals surface area contributed by atoms with Gasteiger partial charge in [0.15, 0.2) is 5.82 Å². The van der Waals surface area contributed by atoms with E-state index in [-0.39, 0.29) is 5.54 Å². The van der Waals surface area contributed by atoms with E-state index < -0.39 is 0 Å². The zero-order valence-corrected chi connectivity index (χ0v) is 15.9. The van der Waals surface area contributed by atoms with Gasteiger partial charge in [0.2, 0.25) is 0 Å². The van der Waals surface area contributed by atoms with Crippen molar-refractivity contribution in [2.24, 2.45) is 5.92 Å². The van der Waals surface area contributed by atoms with Crippen molar-refractivity contribution in [3.63, 3.8) is 0 Å². The summed E-state index contributed by atoms with van der Waals surface area (Å²) in [7, 11) is 1.65. The molecule has 0 amide bonds. The second-order valence-corrected chi connectivity index (χ2v) is 7.73. The summed E-state index contributed by atoms with van der Waals surface area (Å²) in [4.78, 5) is 21.9. The summed E-state index contributed by atoms with van der Waals surface area (Å²) in [6.07, 6.45) is 8.42.